The van der Waals surface area contributed by atoms with Crippen LogP contribution >= 0.6 is 0 Å². The number of carbonyl (C=O) groups is 1. The Hall–Kier alpha value is -3.77. The molecule has 1 saturated heterocycles. The van der Waals surface area contributed by atoms with Gasteiger partial charge in [0.05, 0.1) is 36.3 Å². The summed E-state index contributed by atoms with van der Waals surface area (Å²) < 4.78 is 0. The number of anilines is 2. The number of carbonyl (C=O) groups excluding carboxylic acids is 1. The van der Waals surface area contributed by atoms with Crippen molar-refractivity contribution in [3.05, 3.63) is 84.6 Å². The number of aliphatic hydroxyl groups is 1. The SMILES string of the molecule is O=C(Cc1ccccc1)Nc1ccc(-c2ccc3ncc(N4CCCC4CO)nc3c2)cc1. The first-order valence-corrected chi connectivity index (χ1v) is 11.3. The number of rotatable bonds is 6. The van der Waals surface area contributed by atoms with Gasteiger partial charge in [-0.2, -0.15) is 0 Å². The van der Waals surface area contributed by atoms with Crippen LogP contribution in [0.5, 0.6) is 0 Å². The lowest BCUT2D eigenvalue weighted by Gasteiger charge is -2.23. The van der Waals surface area contributed by atoms with Crippen molar-refractivity contribution in [3.8, 4) is 11.1 Å². The van der Waals surface area contributed by atoms with Crippen LogP contribution in [0.3, 0.4) is 0 Å². The Labute approximate surface area is 192 Å². The summed E-state index contributed by atoms with van der Waals surface area (Å²) in [6, 6.07) is 23.7. The van der Waals surface area contributed by atoms with E-state index in [0.717, 1.165) is 58.6 Å². The molecule has 1 fully saturated rings. The number of aromatic nitrogens is 2. The third-order valence-corrected chi connectivity index (χ3v) is 6.12. The Balaban J connectivity index is 1.32. The Morgan fingerprint density at radius 1 is 1.00 bits per heavy atom. The van der Waals surface area contributed by atoms with Crippen molar-refractivity contribution in [1.82, 2.24) is 9.97 Å². The van der Waals surface area contributed by atoms with E-state index in [-0.39, 0.29) is 18.6 Å². The molecule has 1 aliphatic heterocycles. The molecule has 33 heavy (non-hydrogen) atoms. The molecule has 1 aliphatic rings. The standard InChI is InChI=1S/C27H26N4O2/c32-18-23-7-4-14-31(23)26-17-28-24-13-10-21(16-25(24)30-26)20-8-11-22(12-9-20)29-27(33)15-19-5-2-1-3-6-19/h1-3,5-6,8-13,16-17,23,32H,4,7,14-15,18H2,(H,29,33). The number of nitrogens with one attached hydrogen (secondary N) is 1. The molecule has 6 heteroatoms. The molecule has 2 heterocycles. The molecule has 0 saturated carbocycles. The minimum Gasteiger partial charge on any atom is -0.394 e. The summed E-state index contributed by atoms with van der Waals surface area (Å²) in [4.78, 5) is 23.9. The number of amides is 1. The number of nitrogens with zero attached hydrogens (tertiary/aromatic N) is 3. The smallest absolute Gasteiger partial charge is 0.228 e. The van der Waals surface area contributed by atoms with Crippen LogP contribution in [0.15, 0.2) is 79.0 Å². The molecule has 3 aromatic carbocycles. The molecule has 1 aromatic heterocycles. The van der Waals surface area contributed by atoms with Gasteiger partial charge in [-0.15, -0.1) is 0 Å². The fourth-order valence-corrected chi connectivity index (χ4v) is 4.38. The highest BCUT2D eigenvalue weighted by atomic mass is 16.3. The third-order valence-electron chi connectivity index (χ3n) is 6.12. The summed E-state index contributed by atoms with van der Waals surface area (Å²) in [5.74, 6) is 0.776. The highest BCUT2D eigenvalue weighted by Crippen LogP contribution is 2.28. The lowest BCUT2D eigenvalue weighted by atomic mass is 10.0. The third kappa shape index (κ3) is 4.71. The van der Waals surface area contributed by atoms with Crippen molar-refractivity contribution in [1.29, 1.82) is 0 Å². The van der Waals surface area contributed by atoms with Gasteiger partial charge in [0.15, 0.2) is 0 Å². The maximum Gasteiger partial charge on any atom is 0.228 e. The van der Waals surface area contributed by atoms with Gasteiger partial charge >= 0.3 is 0 Å². The van der Waals surface area contributed by atoms with Crippen molar-refractivity contribution in [2.45, 2.75) is 25.3 Å². The molecule has 1 unspecified atom stereocenters. The van der Waals surface area contributed by atoms with Crippen molar-refractivity contribution >= 4 is 28.4 Å². The lowest BCUT2D eigenvalue weighted by Crippen LogP contribution is -2.32. The van der Waals surface area contributed by atoms with Crippen LogP contribution in [-0.4, -0.2) is 40.2 Å². The number of aliphatic hydroxyl groups excluding tert-OH is 1. The number of hydrogen-bond acceptors (Lipinski definition) is 5. The fourth-order valence-electron chi connectivity index (χ4n) is 4.38. The van der Waals surface area contributed by atoms with E-state index < -0.39 is 0 Å². The maximum absolute atomic E-state index is 12.3. The second kappa shape index (κ2) is 9.38. The molecule has 0 bridgehead atoms. The summed E-state index contributed by atoms with van der Waals surface area (Å²) in [5, 5.41) is 12.6. The molecule has 0 radical (unpaired) electrons. The van der Waals surface area contributed by atoms with E-state index in [1.807, 2.05) is 72.8 Å². The zero-order valence-electron chi connectivity index (χ0n) is 18.3. The van der Waals surface area contributed by atoms with Gasteiger partial charge in [-0.25, -0.2) is 4.98 Å². The zero-order valence-corrected chi connectivity index (χ0v) is 18.3. The first kappa shape index (κ1) is 21.1. The Morgan fingerprint density at radius 3 is 2.58 bits per heavy atom. The van der Waals surface area contributed by atoms with E-state index in [9.17, 15) is 9.90 Å². The van der Waals surface area contributed by atoms with Crippen molar-refractivity contribution < 1.29 is 9.90 Å². The van der Waals surface area contributed by atoms with Gasteiger partial charge < -0.3 is 15.3 Å². The minimum atomic E-state index is -0.0365. The average Bonchev–Trinajstić information content (AvgIpc) is 3.33. The van der Waals surface area contributed by atoms with Crippen LogP contribution < -0.4 is 10.2 Å². The van der Waals surface area contributed by atoms with Crippen LogP contribution in [0, 0.1) is 0 Å². The van der Waals surface area contributed by atoms with Crippen molar-refractivity contribution in [3.63, 3.8) is 0 Å². The normalized spacial score (nSPS) is 15.7. The van der Waals surface area contributed by atoms with Gasteiger partial charge in [-0.3, -0.25) is 9.78 Å². The number of hydrogen-bond donors (Lipinski definition) is 2. The molecule has 0 spiro atoms. The van der Waals surface area contributed by atoms with E-state index >= 15 is 0 Å². The molecule has 166 valence electrons. The molecular formula is C27H26N4O2. The van der Waals surface area contributed by atoms with E-state index in [0.29, 0.717) is 6.42 Å². The summed E-state index contributed by atoms with van der Waals surface area (Å²) in [6.45, 7) is 1.02. The minimum absolute atomic E-state index is 0.0365. The molecule has 2 N–H and O–H groups in total. The quantitative estimate of drug-likeness (QED) is 0.465. The highest BCUT2D eigenvalue weighted by molar-refractivity contribution is 5.92. The predicted octanol–water partition coefficient (Wildman–Crippen LogP) is 4.44. The van der Waals surface area contributed by atoms with E-state index in [1.165, 1.54) is 0 Å². The lowest BCUT2D eigenvalue weighted by molar-refractivity contribution is -0.115. The van der Waals surface area contributed by atoms with Gasteiger partial charge in [0, 0.05) is 12.2 Å². The highest BCUT2D eigenvalue weighted by Gasteiger charge is 2.25. The largest absolute Gasteiger partial charge is 0.394 e. The van der Waals surface area contributed by atoms with Crippen molar-refractivity contribution in [2.75, 3.05) is 23.4 Å². The zero-order chi connectivity index (χ0) is 22.6. The Bertz CT molecular complexity index is 1260. The molecule has 6 nitrogen and oxygen atoms in total. The van der Waals surface area contributed by atoms with Crippen molar-refractivity contribution in [2.24, 2.45) is 0 Å². The predicted molar refractivity (Wildman–Crippen MR) is 131 cm³/mol. The van der Waals surface area contributed by atoms with Crippen LogP contribution in [0.4, 0.5) is 11.5 Å². The van der Waals surface area contributed by atoms with E-state index in [1.54, 1.807) is 6.20 Å². The number of fused-ring (bicyclic) bond motifs is 1. The van der Waals surface area contributed by atoms with Gasteiger partial charge in [0.25, 0.3) is 0 Å². The first-order valence-electron chi connectivity index (χ1n) is 11.3. The van der Waals surface area contributed by atoms with E-state index in [2.05, 4.69) is 15.2 Å². The first-order chi connectivity index (χ1) is 16.2. The van der Waals surface area contributed by atoms with Crippen LogP contribution in [0.1, 0.15) is 18.4 Å². The van der Waals surface area contributed by atoms with Gasteiger partial charge in [-0.1, -0.05) is 48.5 Å². The number of benzene rings is 3. The molecule has 4 aromatic rings. The van der Waals surface area contributed by atoms with Gasteiger partial charge in [-0.05, 0) is 53.8 Å². The van der Waals surface area contributed by atoms with E-state index in [4.69, 9.17) is 4.98 Å². The maximum atomic E-state index is 12.3. The van der Waals surface area contributed by atoms with Crippen LogP contribution in [0.25, 0.3) is 22.2 Å². The van der Waals surface area contributed by atoms with Gasteiger partial charge in [0.1, 0.15) is 5.82 Å². The monoisotopic (exact) mass is 438 g/mol. The summed E-state index contributed by atoms with van der Waals surface area (Å²) in [6.07, 6.45) is 4.18. The van der Waals surface area contributed by atoms with Gasteiger partial charge in [0.2, 0.25) is 5.91 Å². The summed E-state index contributed by atoms with van der Waals surface area (Å²) in [7, 11) is 0. The molecule has 1 atom stereocenters. The molecule has 5 rings (SSSR count). The van der Waals surface area contributed by atoms with Crippen LogP contribution in [0.2, 0.25) is 0 Å². The molecule has 0 aliphatic carbocycles. The average molecular weight is 439 g/mol. The fraction of sp³-hybridized carbons (Fsp3) is 0.222. The summed E-state index contributed by atoms with van der Waals surface area (Å²) >= 11 is 0. The molecular weight excluding hydrogens is 412 g/mol. The second-order valence-corrected chi connectivity index (χ2v) is 8.39. The molecule has 1 amide bonds. The Kier molecular flexibility index (Phi) is 6.00. The second-order valence-electron chi connectivity index (χ2n) is 8.39. The van der Waals surface area contributed by atoms with Crippen LogP contribution in [-0.2, 0) is 11.2 Å². The Morgan fingerprint density at radius 2 is 1.79 bits per heavy atom. The topological polar surface area (TPSA) is 78.4 Å². The summed E-state index contributed by atoms with van der Waals surface area (Å²) in [5.41, 5.74) is 5.51.